The maximum absolute atomic E-state index is 5.68. The summed E-state index contributed by atoms with van der Waals surface area (Å²) in [7, 11) is 0. The number of aryl methyl sites for hydroxylation is 1. The summed E-state index contributed by atoms with van der Waals surface area (Å²) in [5.41, 5.74) is 0.781. The number of ether oxygens (including phenoxy) is 2. The molecule has 2 aromatic heterocycles. The summed E-state index contributed by atoms with van der Waals surface area (Å²) in [6.45, 7) is 2.36. The third kappa shape index (κ3) is 3.60. The van der Waals surface area contributed by atoms with Crippen LogP contribution in [0.5, 0.6) is 11.5 Å². The highest BCUT2D eigenvalue weighted by atomic mass is 32.2. The Morgan fingerprint density at radius 3 is 3.00 bits per heavy atom. The number of benzene rings is 1. The zero-order chi connectivity index (χ0) is 17.1. The third-order valence-electron chi connectivity index (χ3n) is 3.61. The lowest BCUT2D eigenvalue weighted by Gasteiger charge is -1.97. The molecule has 0 radical (unpaired) electrons. The Kier molecular flexibility index (Phi) is 4.55. The van der Waals surface area contributed by atoms with E-state index in [-0.39, 0.29) is 6.79 Å². The van der Waals surface area contributed by atoms with Gasteiger partial charge in [0.05, 0.1) is 5.75 Å². The lowest BCUT2D eigenvalue weighted by atomic mass is 10.2. The molecule has 1 aromatic carbocycles. The molecule has 0 spiro atoms. The van der Waals surface area contributed by atoms with Crippen LogP contribution in [0.15, 0.2) is 32.4 Å². The molecule has 0 unspecified atom stereocenters. The van der Waals surface area contributed by atoms with Crippen molar-refractivity contribution in [2.75, 3.05) is 6.79 Å². The van der Waals surface area contributed by atoms with E-state index in [9.17, 15) is 0 Å². The van der Waals surface area contributed by atoms with Crippen LogP contribution in [0.25, 0.3) is 11.5 Å². The van der Waals surface area contributed by atoms with Gasteiger partial charge in [-0.15, -0.1) is 10.2 Å². The zero-order valence-electron chi connectivity index (χ0n) is 13.6. The van der Waals surface area contributed by atoms with Crippen LogP contribution in [-0.4, -0.2) is 27.1 Å². The van der Waals surface area contributed by atoms with Gasteiger partial charge in [-0.2, -0.15) is 4.98 Å². The molecule has 0 saturated carbocycles. The summed E-state index contributed by atoms with van der Waals surface area (Å²) >= 11 is 1.36. The van der Waals surface area contributed by atoms with E-state index in [1.165, 1.54) is 11.8 Å². The monoisotopic (exact) mass is 360 g/mol. The van der Waals surface area contributed by atoms with Gasteiger partial charge in [0.15, 0.2) is 17.3 Å². The van der Waals surface area contributed by atoms with Crippen molar-refractivity contribution in [3.8, 4) is 23.0 Å². The molecular formula is C16H16N4O4S. The van der Waals surface area contributed by atoms with E-state index in [0.717, 1.165) is 30.7 Å². The molecule has 0 fully saturated rings. The molecule has 1 aliphatic rings. The van der Waals surface area contributed by atoms with Crippen molar-refractivity contribution in [2.24, 2.45) is 0 Å². The van der Waals surface area contributed by atoms with Gasteiger partial charge in [0.1, 0.15) is 0 Å². The van der Waals surface area contributed by atoms with E-state index in [1.807, 2.05) is 18.2 Å². The smallest absolute Gasteiger partial charge is 0.277 e. The van der Waals surface area contributed by atoms with E-state index in [1.54, 1.807) is 0 Å². The number of nitrogens with zero attached hydrogens (tertiary/aromatic N) is 4. The van der Waals surface area contributed by atoms with Crippen LogP contribution < -0.4 is 9.47 Å². The van der Waals surface area contributed by atoms with Gasteiger partial charge in [0.2, 0.25) is 18.6 Å². The van der Waals surface area contributed by atoms with E-state index in [2.05, 4.69) is 27.3 Å². The Hall–Kier alpha value is -2.55. The van der Waals surface area contributed by atoms with Crippen molar-refractivity contribution in [3.63, 3.8) is 0 Å². The van der Waals surface area contributed by atoms with Crippen LogP contribution in [0.2, 0.25) is 0 Å². The molecule has 25 heavy (non-hydrogen) atoms. The lowest BCUT2D eigenvalue weighted by molar-refractivity contribution is 0.174. The molecule has 1 aliphatic heterocycles. The first-order valence-corrected chi connectivity index (χ1v) is 8.98. The molecule has 0 amide bonds. The van der Waals surface area contributed by atoms with Crippen LogP contribution in [0.4, 0.5) is 0 Å². The van der Waals surface area contributed by atoms with E-state index < -0.39 is 0 Å². The summed E-state index contributed by atoms with van der Waals surface area (Å²) < 4.78 is 21.6. The second-order valence-corrected chi connectivity index (χ2v) is 6.36. The van der Waals surface area contributed by atoms with Crippen LogP contribution in [0, 0.1) is 0 Å². The van der Waals surface area contributed by atoms with Crippen LogP contribution in [-0.2, 0) is 12.2 Å². The zero-order valence-corrected chi connectivity index (χ0v) is 14.4. The Bertz CT molecular complexity index is 863. The summed E-state index contributed by atoms with van der Waals surface area (Å²) in [5.74, 6) is 3.60. The fraction of sp³-hybridized carbons (Fsp3) is 0.375. The van der Waals surface area contributed by atoms with Crippen molar-refractivity contribution in [1.82, 2.24) is 20.3 Å². The fourth-order valence-electron chi connectivity index (χ4n) is 2.32. The maximum Gasteiger partial charge on any atom is 0.277 e. The average Bonchev–Trinajstić information content (AvgIpc) is 3.37. The topological polar surface area (TPSA) is 96.3 Å². The summed E-state index contributed by atoms with van der Waals surface area (Å²) in [5, 5.41) is 12.5. The summed E-state index contributed by atoms with van der Waals surface area (Å²) in [6, 6.07) is 5.50. The van der Waals surface area contributed by atoms with E-state index in [0.29, 0.717) is 34.3 Å². The predicted molar refractivity (Wildman–Crippen MR) is 88.3 cm³/mol. The van der Waals surface area contributed by atoms with Gasteiger partial charge in [-0.05, 0) is 24.6 Å². The van der Waals surface area contributed by atoms with Crippen LogP contribution >= 0.6 is 11.8 Å². The highest BCUT2D eigenvalue weighted by Crippen LogP contribution is 2.36. The van der Waals surface area contributed by atoms with Crippen molar-refractivity contribution >= 4 is 11.8 Å². The molecule has 0 bridgehead atoms. The average molecular weight is 360 g/mol. The molecule has 130 valence electrons. The standard InChI is InChI=1S/C16H16N4O4S/c1-2-3-4-13-17-14(24-20-13)8-25-16-19-18-15(23-16)10-5-6-11-12(7-10)22-9-21-11/h5-7H,2-4,8-9H2,1H3. The molecule has 0 saturated heterocycles. The molecule has 0 aliphatic carbocycles. The van der Waals surface area contributed by atoms with Gasteiger partial charge in [-0.25, -0.2) is 0 Å². The number of aromatic nitrogens is 4. The number of fused-ring (bicyclic) bond motifs is 1. The van der Waals surface area contributed by atoms with Gasteiger partial charge in [-0.1, -0.05) is 30.3 Å². The van der Waals surface area contributed by atoms with E-state index in [4.69, 9.17) is 18.4 Å². The molecule has 4 rings (SSSR count). The minimum atomic E-state index is 0.230. The molecule has 3 heterocycles. The van der Waals surface area contributed by atoms with Crippen molar-refractivity contribution in [3.05, 3.63) is 29.9 Å². The fourth-order valence-corrected chi connectivity index (χ4v) is 2.92. The van der Waals surface area contributed by atoms with Crippen molar-refractivity contribution in [2.45, 2.75) is 37.2 Å². The van der Waals surface area contributed by atoms with Gasteiger partial charge in [0, 0.05) is 12.0 Å². The van der Waals surface area contributed by atoms with E-state index >= 15 is 0 Å². The Balaban J connectivity index is 1.39. The molecule has 9 heteroatoms. The van der Waals surface area contributed by atoms with Crippen LogP contribution in [0.3, 0.4) is 0 Å². The quantitative estimate of drug-likeness (QED) is 0.586. The first kappa shape index (κ1) is 15.9. The largest absolute Gasteiger partial charge is 0.454 e. The maximum atomic E-state index is 5.68. The number of hydrogen-bond acceptors (Lipinski definition) is 9. The minimum Gasteiger partial charge on any atom is -0.454 e. The second-order valence-electron chi connectivity index (χ2n) is 5.44. The van der Waals surface area contributed by atoms with Gasteiger partial charge in [0.25, 0.3) is 5.22 Å². The third-order valence-corrected chi connectivity index (χ3v) is 4.41. The normalized spacial score (nSPS) is 12.7. The SMILES string of the molecule is CCCCc1noc(CSc2nnc(-c3ccc4c(c3)OCO4)o2)n1. The number of rotatable bonds is 7. The first-order chi connectivity index (χ1) is 12.3. The highest BCUT2D eigenvalue weighted by molar-refractivity contribution is 7.98. The Labute approximate surface area is 147 Å². The van der Waals surface area contributed by atoms with Crippen molar-refractivity contribution in [1.29, 1.82) is 0 Å². The number of thioether (sulfide) groups is 1. The number of hydrogen-bond donors (Lipinski definition) is 0. The summed E-state index contributed by atoms with van der Waals surface area (Å²) in [6.07, 6.45) is 2.98. The van der Waals surface area contributed by atoms with Crippen molar-refractivity contribution < 1.29 is 18.4 Å². The first-order valence-electron chi connectivity index (χ1n) is 7.99. The number of unbranched alkanes of at least 4 members (excludes halogenated alkanes) is 1. The van der Waals surface area contributed by atoms with Gasteiger partial charge in [-0.3, -0.25) is 0 Å². The molecule has 0 atom stereocenters. The summed E-state index contributed by atoms with van der Waals surface area (Å²) in [4.78, 5) is 4.35. The highest BCUT2D eigenvalue weighted by Gasteiger charge is 2.17. The Morgan fingerprint density at radius 1 is 1.16 bits per heavy atom. The second kappa shape index (κ2) is 7.14. The molecule has 3 aromatic rings. The van der Waals surface area contributed by atoms with Gasteiger partial charge >= 0.3 is 0 Å². The minimum absolute atomic E-state index is 0.230. The predicted octanol–water partition coefficient (Wildman–Crippen LogP) is 3.48. The molecule has 0 N–H and O–H groups in total. The van der Waals surface area contributed by atoms with Crippen LogP contribution in [0.1, 0.15) is 31.5 Å². The molecular weight excluding hydrogens is 344 g/mol. The Morgan fingerprint density at radius 2 is 2.08 bits per heavy atom. The van der Waals surface area contributed by atoms with Gasteiger partial charge < -0.3 is 18.4 Å². The lowest BCUT2D eigenvalue weighted by Crippen LogP contribution is -1.92. The molecule has 8 nitrogen and oxygen atoms in total.